The van der Waals surface area contributed by atoms with E-state index in [9.17, 15) is 4.79 Å². The van der Waals surface area contributed by atoms with E-state index in [1.165, 1.54) is 0 Å². The molecule has 2 rings (SSSR count). The van der Waals surface area contributed by atoms with Gasteiger partial charge < -0.3 is 9.72 Å². The van der Waals surface area contributed by atoms with E-state index < -0.39 is 0 Å². The molecule has 0 aliphatic carbocycles. The van der Waals surface area contributed by atoms with Crippen molar-refractivity contribution in [3.05, 3.63) is 41.6 Å². The number of aromatic amines is 1. The van der Waals surface area contributed by atoms with Crippen molar-refractivity contribution in [2.75, 3.05) is 6.61 Å². The van der Waals surface area contributed by atoms with Gasteiger partial charge in [-0.3, -0.25) is 0 Å². The minimum absolute atomic E-state index is 0.272. The SMILES string of the molecule is CCOC(=O)/C(C)=C/c1cc2ccccc2[nH]1. The van der Waals surface area contributed by atoms with Crippen molar-refractivity contribution in [3.63, 3.8) is 0 Å². The first-order valence-electron chi connectivity index (χ1n) is 5.64. The van der Waals surface area contributed by atoms with E-state index in [0.29, 0.717) is 12.2 Å². The second kappa shape index (κ2) is 4.87. The fourth-order valence-corrected chi connectivity index (χ4v) is 1.71. The van der Waals surface area contributed by atoms with Gasteiger partial charge in [-0.05, 0) is 37.4 Å². The molecule has 3 heteroatoms. The molecule has 0 radical (unpaired) electrons. The number of H-pyrrole nitrogens is 1. The number of hydrogen-bond donors (Lipinski definition) is 1. The van der Waals surface area contributed by atoms with Gasteiger partial charge in [-0.15, -0.1) is 0 Å². The molecule has 0 fully saturated rings. The molecule has 17 heavy (non-hydrogen) atoms. The minimum Gasteiger partial charge on any atom is -0.463 e. The lowest BCUT2D eigenvalue weighted by molar-refractivity contribution is -0.138. The predicted octanol–water partition coefficient (Wildman–Crippen LogP) is 3.13. The van der Waals surface area contributed by atoms with Crippen LogP contribution in [-0.4, -0.2) is 17.6 Å². The average molecular weight is 229 g/mol. The van der Waals surface area contributed by atoms with Gasteiger partial charge in [0, 0.05) is 16.8 Å². The van der Waals surface area contributed by atoms with Crippen LogP contribution in [-0.2, 0) is 9.53 Å². The zero-order chi connectivity index (χ0) is 12.3. The second-order valence-electron chi connectivity index (χ2n) is 3.86. The van der Waals surface area contributed by atoms with Crippen LogP contribution in [0.3, 0.4) is 0 Å². The molecule has 0 atom stereocenters. The summed E-state index contributed by atoms with van der Waals surface area (Å²) in [5.74, 6) is -0.272. The number of carbonyl (C=O) groups is 1. The Bertz CT molecular complexity index is 533. The fourth-order valence-electron chi connectivity index (χ4n) is 1.71. The van der Waals surface area contributed by atoms with Gasteiger partial charge in [-0.2, -0.15) is 0 Å². The summed E-state index contributed by atoms with van der Waals surface area (Å²) in [5.41, 5.74) is 2.57. The zero-order valence-electron chi connectivity index (χ0n) is 9.99. The third-order valence-corrected chi connectivity index (χ3v) is 2.52. The number of carbonyl (C=O) groups excluding carboxylic acids is 1. The summed E-state index contributed by atoms with van der Waals surface area (Å²) >= 11 is 0. The molecule has 0 amide bonds. The summed E-state index contributed by atoms with van der Waals surface area (Å²) in [6.07, 6.45) is 1.80. The van der Waals surface area contributed by atoms with Gasteiger partial charge in [-0.25, -0.2) is 4.79 Å². The third-order valence-electron chi connectivity index (χ3n) is 2.52. The van der Waals surface area contributed by atoms with E-state index in [0.717, 1.165) is 16.6 Å². The van der Waals surface area contributed by atoms with Gasteiger partial charge in [0.2, 0.25) is 0 Å². The molecule has 0 spiro atoms. The maximum absolute atomic E-state index is 11.5. The predicted molar refractivity (Wildman–Crippen MR) is 68.6 cm³/mol. The molecule has 0 saturated heterocycles. The van der Waals surface area contributed by atoms with Gasteiger partial charge >= 0.3 is 5.97 Å². The monoisotopic (exact) mass is 229 g/mol. The van der Waals surface area contributed by atoms with Crippen molar-refractivity contribution in [1.29, 1.82) is 0 Å². The lowest BCUT2D eigenvalue weighted by Gasteiger charge is -2.00. The number of benzene rings is 1. The van der Waals surface area contributed by atoms with Crippen LogP contribution in [0.4, 0.5) is 0 Å². The molecule has 0 saturated carbocycles. The smallest absolute Gasteiger partial charge is 0.333 e. The van der Waals surface area contributed by atoms with Crippen LogP contribution in [0, 0.1) is 0 Å². The molecule has 3 nitrogen and oxygen atoms in total. The van der Waals surface area contributed by atoms with Crippen LogP contribution in [0.25, 0.3) is 17.0 Å². The van der Waals surface area contributed by atoms with Crippen LogP contribution in [0.1, 0.15) is 19.5 Å². The topological polar surface area (TPSA) is 42.1 Å². The van der Waals surface area contributed by atoms with Crippen molar-refractivity contribution in [3.8, 4) is 0 Å². The minimum atomic E-state index is -0.272. The highest BCUT2D eigenvalue weighted by atomic mass is 16.5. The molecular formula is C14H15NO2. The van der Waals surface area contributed by atoms with Gasteiger partial charge in [0.15, 0.2) is 0 Å². The Kier molecular flexibility index (Phi) is 3.28. The number of hydrogen-bond acceptors (Lipinski definition) is 2. The van der Waals surface area contributed by atoms with Crippen LogP contribution < -0.4 is 0 Å². The summed E-state index contributed by atoms with van der Waals surface area (Å²) in [7, 11) is 0. The number of para-hydroxylation sites is 1. The highest BCUT2D eigenvalue weighted by molar-refractivity contribution is 5.94. The molecule has 1 N–H and O–H groups in total. The Morgan fingerprint density at radius 2 is 2.18 bits per heavy atom. The first kappa shape index (κ1) is 11.5. The first-order valence-corrected chi connectivity index (χ1v) is 5.64. The molecule has 88 valence electrons. The Labute approximate surface area is 100 Å². The molecule has 0 aliphatic rings. The highest BCUT2D eigenvalue weighted by Gasteiger charge is 2.05. The molecule has 0 aliphatic heterocycles. The van der Waals surface area contributed by atoms with Crippen LogP contribution >= 0.6 is 0 Å². The van der Waals surface area contributed by atoms with Crippen LogP contribution in [0.2, 0.25) is 0 Å². The Morgan fingerprint density at radius 1 is 1.41 bits per heavy atom. The summed E-state index contributed by atoms with van der Waals surface area (Å²) in [6, 6.07) is 10.0. The Hall–Kier alpha value is -2.03. The first-order chi connectivity index (χ1) is 8.20. The zero-order valence-corrected chi connectivity index (χ0v) is 9.99. The van der Waals surface area contributed by atoms with Crippen LogP contribution in [0.5, 0.6) is 0 Å². The molecule has 0 unspecified atom stereocenters. The van der Waals surface area contributed by atoms with E-state index in [4.69, 9.17) is 4.74 Å². The van der Waals surface area contributed by atoms with Gasteiger partial charge in [0.05, 0.1) is 6.61 Å². The molecule has 1 aromatic heterocycles. The van der Waals surface area contributed by atoms with Gasteiger partial charge in [-0.1, -0.05) is 18.2 Å². The van der Waals surface area contributed by atoms with E-state index in [1.807, 2.05) is 30.3 Å². The molecule has 2 aromatic rings. The summed E-state index contributed by atoms with van der Waals surface area (Å²) in [6.45, 7) is 3.95. The fraction of sp³-hybridized carbons (Fsp3) is 0.214. The Morgan fingerprint density at radius 3 is 2.88 bits per heavy atom. The second-order valence-corrected chi connectivity index (χ2v) is 3.86. The standard InChI is InChI=1S/C14H15NO2/c1-3-17-14(16)10(2)8-12-9-11-6-4-5-7-13(11)15-12/h4-9,15H,3H2,1-2H3/b10-8+. The summed E-state index contributed by atoms with van der Waals surface area (Å²) in [4.78, 5) is 14.7. The molecular weight excluding hydrogens is 214 g/mol. The number of rotatable bonds is 3. The number of esters is 1. The van der Waals surface area contributed by atoms with Crippen molar-refractivity contribution in [2.45, 2.75) is 13.8 Å². The van der Waals surface area contributed by atoms with Crippen LogP contribution in [0.15, 0.2) is 35.9 Å². The van der Waals surface area contributed by atoms with Crippen molar-refractivity contribution >= 4 is 22.9 Å². The largest absolute Gasteiger partial charge is 0.463 e. The number of fused-ring (bicyclic) bond motifs is 1. The van der Waals surface area contributed by atoms with Crippen molar-refractivity contribution in [1.82, 2.24) is 4.98 Å². The van der Waals surface area contributed by atoms with E-state index >= 15 is 0 Å². The van der Waals surface area contributed by atoms with E-state index in [2.05, 4.69) is 4.98 Å². The van der Waals surface area contributed by atoms with E-state index in [-0.39, 0.29) is 5.97 Å². The number of aromatic nitrogens is 1. The van der Waals surface area contributed by atoms with Gasteiger partial charge in [0.1, 0.15) is 0 Å². The summed E-state index contributed by atoms with van der Waals surface area (Å²) < 4.78 is 4.93. The Balaban J connectivity index is 2.28. The van der Waals surface area contributed by atoms with Crippen molar-refractivity contribution < 1.29 is 9.53 Å². The maximum atomic E-state index is 11.5. The van der Waals surface area contributed by atoms with Crippen molar-refractivity contribution in [2.24, 2.45) is 0 Å². The summed E-state index contributed by atoms with van der Waals surface area (Å²) in [5, 5.41) is 1.13. The third kappa shape index (κ3) is 2.56. The normalized spacial score (nSPS) is 11.8. The molecule has 1 aromatic carbocycles. The quantitative estimate of drug-likeness (QED) is 0.649. The molecule has 0 bridgehead atoms. The number of ether oxygens (including phenoxy) is 1. The lowest BCUT2D eigenvalue weighted by atomic mass is 10.2. The van der Waals surface area contributed by atoms with E-state index in [1.54, 1.807) is 19.9 Å². The lowest BCUT2D eigenvalue weighted by Crippen LogP contribution is -2.04. The van der Waals surface area contributed by atoms with Gasteiger partial charge in [0.25, 0.3) is 0 Å². The maximum Gasteiger partial charge on any atom is 0.333 e. The molecule has 1 heterocycles. The number of nitrogens with one attached hydrogen (secondary N) is 1. The highest BCUT2D eigenvalue weighted by Crippen LogP contribution is 2.16. The average Bonchev–Trinajstić information content (AvgIpc) is 2.71.